The quantitative estimate of drug-likeness (QED) is 0.620. The van der Waals surface area contributed by atoms with Crippen LogP contribution in [0, 0.1) is 5.82 Å². The van der Waals surface area contributed by atoms with Gasteiger partial charge in [0.1, 0.15) is 5.82 Å². The summed E-state index contributed by atoms with van der Waals surface area (Å²) in [4.78, 5) is 35.7. The number of hydrogen-bond acceptors (Lipinski definition) is 5. The minimum Gasteiger partial charge on any atom is -0.465 e. The molecule has 2 aromatic rings. The fourth-order valence-electron chi connectivity index (χ4n) is 2.18. The summed E-state index contributed by atoms with van der Waals surface area (Å²) in [5.41, 5.74) is 0.252. The minimum atomic E-state index is -0.706. The van der Waals surface area contributed by atoms with Crippen molar-refractivity contribution in [2.45, 2.75) is 0 Å². The summed E-state index contributed by atoms with van der Waals surface area (Å²) in [6, 6.07) is 8.10. The van der Waals surface area contributed by atoms with Crippen LogP contribution < -0.4 is 5.32 Å². The SMILES string of the molecule is COC(=O)c1ccc(C(=O)OC)c(NC(=O)/C=C/c2c(F)cccc2Cl)c1. The number of rotatable bonds is 5. The third-order valence-corrected chi connectivity index (χ3v) is 3.83. The first kappa shape index (κ1) is 20.1. The summed E-state index contributed by atoms with van der Waals surface area (Å²) in [6.07, 6.45) is 2.26. The van der Waals surface area contributed by atoms with Crippen molar-refractivity contribution in [1.29, 1.82) is 0 Å². The van der Waals surface area contributed by atoms with Crippen LogP contribution in [0.3, 0.4) is 0 Å². The van der Waals surface area contributed by atoms with Crippen LogP contribution in [0.1, 0.15) is 26.3 Å². The van der Waals surface area contributed by atoms with Gasteiger partial charge in [-0.3, -0.25) is 4.79 Å². The van der Waals surface area contributed by atoms with Crippen molar-refractivity contribution in [2.24, 2.45) is 0 Å². The Balaban J connectivity index is 2.31. The zero-order valence-corrected chi connectivity index (χ0v) is 15.2. The molecule has 6 nitrogen and oxygen atoms in total. The number of hydrogen-bond donors (Lipinski definition) is 1. The number of amides is 1. The first-order valence-electron chi connectivity index (χ1n) is 7.61. The van der Waals surface area contributed by atoms with Crippen molar-refractivity contribution in [3.8, 4) is 0 Å². The largest absolute Gasteiger partial charge is 0.465 e. The molecule has 2 aromatic carbocycles. The van der Waals surface area contributed by atoms with Gasteiger partial charge in [-0.1, -0.05) is 17.7 Å². The Hall–Kier alpha value is -3.19. The molecule has 0 unspecified atom stereocenters. The average Bonchev–Trinajstić information content (AvgIpc) is 2.66. The molecule has 140 valence electrons. The molecule has 0 saturated carbocycles. The van der Waals surface area contributed by atoms with Crippen LogP contribution in [0.5, 0.6) is 0 Å². The molecule has 0 atom stereocenters. The van der Waals surface area contributed by atoms with Crippen LogP contribution in [-0.2, 0) is 14.3 Å². The van der Waals surface area contributed by atoms with E-state index in [4.69, 9.17) is 11.6 Å². The van der Waals surface area contributed by atoms with Crippen LogP contribution in [0.15, 0.2) is 42.5 Å². The first-order chi connectivity index (χ1) is 12.9. The van der Waals surface area contributed by atoms with Gasteiger partial charge in [0, 0.05) is 11.6 Å². The van der Waals surface area contributed by atoms with Crippen LogP contribution in [0.25, 0.3) is 6.08 Å². The molecule has 0 aliphatic rings. The Morgan fingerprint density at radius 3 is 2.41 bits per heavy atom. The Bertz CT molecular complexity index is 906. The van der Waals surface area contributed by atoms with Crippen molar-refractivity contribution >= 4 is 41.2 Å². The summed E-state index contributed by atoms with van der Waals surface area (Å²) < 4.78 is 23.0. The topological polar surface area (TPSA) is 81.7 Å². The van der Waals surface area contributed by atoms with Gasteiger partial charge in [-0.2, -0.15) is 0 Å². The monoisotopic (exact) mass is 391 g/mol. The van der Waals surface area contributed by atoms with Gasteiger partial charge in [-0.15, -0.1) is 0 Å². The lowest BCUT2D eigenvalue weighted by Crippen LogP contribution is -2.14. The third-order valence-electron chi connectivity index (χ3n) is 3.50. The maximum Gasteiger partial charge on any atom is 0.339 e. The molecule has 0 spiro atoms. The van der Waals surface area contributed by atoms with E-state index in [-0.39, 0.29) is 27.4 Å². The second-order valence-corrected chi connectivity index (χ2v) is 5.61. The van der Waals surface area contributed by atoms with Crippen molar-refractivity contribution in [3.63, 3.8) is 0 Å². The number of carbonyl (C=O) groups excluding carboxylic acids is 3. The fraction of sp³-hybridized carbons (Fsp3) is 0.105. The van der Waals surface area contributed by atoms with Crippen molar-refractivity contribution < 1.29 is 28.2 Å². The lowest BCUT2D eigenvalue weighted by Gasteiger charge is -2.10. The van der Waals surface area contributed by atoms with Gasteiger partial charge in [0.25, 0.3) is 0 Å². The number of anilines is 1. The van der Waals surface area contributed by atoms with E-state index < -0.39 is 23.7 Å². The Morgan fingerprint density at radius 2 is 1.78 bits per heavy atom. The molecule has 27 heavy (non-hydrogen) atoms. The summed E-state index contributed by atoms with van der Waals surface area (Å²) in [7, 11) is 2.39. The van der Waals surface area contributed by atoms with Crippen molar-refractivity contribution in [1.82, 2.24) is 0 Å². The summed E-state index contributed by atoms with van der Waals surface area (Å²) in [5, 5.41) is 2.60. The van der Waals surface area contributed by atoms with E-state index in [0.29, 0.717) is 0 Å². The first-order valence-corrected chi connectivity index (χ1v) is 7.99. The van der Waals surface area contributed by atoms with E-state index in [0.717, 1.165) is 6.08 Å². The van der Waals surface area contributed by atoms with Crippen LogP contribution in [0.4, 0.5) is 10.1 Å². The predicted octanol–water partition coefficient (Wildman–Crippen LogP) is 3.70. The Labute approximate surface area is 159 Å². The maximum atomic E-state index is 13.7. The molecular weight excluding hydrogens is 377 g/mol. The van der Waals surface area contributed by atoms with Gasteiger partial charge in [0.05, 0.1) is 36.1 Å². The molecule has 0 aliphatic carbocycles. The van der Waals surface area contributed by atoms with E-state index in [1.54, 1.807) is 0 Å². The molecule has 1 N–H and O–H groups in total. The number of nitrogens with one attached hydrogen (secondary N) is 1. The van der Waals surface area contributed by atoms with Crippen molar-refractivity contribution in [2.75, 3.05) is 19.5 Å². The average molecular weight is 392 g/mol. The highest BCUT2D eigenvalue weighted by Gasteiger charge is 2.17. The number of halogens is 2. The smallest absolute Gasteiger partial charge is 0.339 e. The Kier molecular flexibility index (Phi) is 6.67. The molecule has 0 aliphatic heterocycles. The van der Waals surface area contributed by atoms with Crippen LogP contribution in [-0.4, -0.2) is 32.1 Å². The zero-order valence-electron chi connectivity index (χ0n) is 14.4. The van der Waals surface area contributed by atoms with Gasteiger partial charge < -0.3 is 14.8 Å². The number of methoxy groups -OCH3 is 2. The number of benzene rings is 2. The van der Waals surface area contributed by atoms with E-state index in [2.05, 4.69) is 14.8 Å². The Morgan fingerprint density at radius 1 is 1.07 bits per heavy atom. The summed E-state index contributed by atoms with van der Waals surface area (Å²) >= 11 is 5.89. The minimum absolute atomic E-state index is 0.0378. The zero-order chi connectivity index (χ0) is 20.0. The second-order valence-electron chi connectivity index (χ2n) is 5.20. The fourth-order valence-corrected chi connectivity index (χ4v) is 2.41. The molecule has 8 heteroatoms. The number of ether oxygens (including phenoxy) is 2. The molecule has 0 saturated heterocycles. The highest BCUT2D eigenvalue weighted by Crippen LogP contribution is 2.22. The highest BCUT2D eigenvalue weighted by molar-refractivity contribution is 6.32. The molecule has 2 rings (SSSR count). The third kappa shape index (κ3) is 4.92. The van der Waals surface area contributed by atoms with Crippen LogP contribution in [0.2, 0.25) is 5.02 Å². The number of carbonyl (C=O) groups is 3. The molecule has 0 bridgehead atoms. The number of esters is 2. The van der Waals surface area contributed by atoms with Crippen molar-refractivity contribution in [3.05, 3.63) is 70.0 Å². The van der Waals surface area contributed by atoms with Gasteiger partial charge >= 0.3 is 11.9 Å². The van der Waals surface area contributed by atoms with E-state index in [1.165, 1.54) is 56.7 Å². The second kappa shape index (κ2) is 8.95. The van der Waals surface area contributed by atoms with E-state index >= 15 is 0 Å². The lowest BCUT2D eigenvalue weighted by molar-refractivity contribution is -0.111. The van der Waals surface area contributed by atoms with E-state index in [1.807, 2.05) is 0 Å². The molecule has 0 radical (unpaired) electrons. The maximum absolute atomic E-state index is 13.7. The van der Waals surface area contributed by atoms with E-state index in [9.17, 15) is 18.8 Å². The highest BCUT2D eigenvalue weighted by atomic mass is 35.5. The predicted molar refractivity (Wildman–Crippen MR) is 98.2 cm³/mol. The molecule has 0 aromatic heterocycles. The lowest BCUT2D eigenvalue weighted by atomic mass is 10.1. The summed E-state index contributed by atoms with van der Waals surface area (Å²) in [5.74, 6) is -2.60. The standard InChI is InChI=1S/C19H15ClFNO5/c1-26-18(24)11-6-7-13(19(25)27-2)16(10-11)22-17(23)9-8-12-14(20)4-3-5-15(12)21/h3-10H,1-2H3,(H,22,23)/b9-8+. The normalized spacial score (nSPS) is 10.5. The molecule has 0 fully saturated rings. The van der Waals surface area contributed by atoms with Gasteiger partial charge in [-0.05, 0) is 36.4 Å². The van der Waals surface area contributed by atoms with Gasteiger partial charge in [0.15, 0.2) is 0 Å². The van der Waals surface area contributed by atoms with Gasteiger partial charge in [-0.25, -0.2) is 14.0 Å². The molecular formula is C19H15ClFNO5. The van der Waals surface area contributed by atoms with Gasteiger partial charge in [0.2, 0.25) is 5.91 Å². The molecule has 0 heterocycles. The molecule has 1 amide bonds. The van der Waals surface area contributed by atoms with Crippen LogP contribution >= 0.6 is 11.6 Å². The summed E-state index contributed by atoms with van der Waals surface area (Å²) in [6.45, 7) is 0.